The van der Waals surface area contributed by atoms with Gasteiger partial charge in [0.1, 0.15) is 0 Å². The second-order valence-corrected chi connectivity index (χ2v) is 7.76. The summed E-state index contributed by atoms with van der Waals surface area (Å²) in [4.78, 5) is 14.7. The number of phenolic OH excluding ortho intramolecular Hbond substituents is 1. The summed E-state index contributed by atoms with van der Waals surface area (Å²) in [6.45, 7) is 2.70. The van der Waals surface area contributed by atoms with Crippen LogP contribution in [0.5, 0.6) is 11.5 Å². The van der Waals surface area contributed by atoms with Gasteiger partial charge in [-0.3, -0.25) is 9.69 Å². The summed E-state index contributed by atoms with van der Waals surface area (Å²) in [7, 11) is 1.49. The molecular formula is C21H24BrN3O3. The van der Waals surface area contributed by atoms with Crippen LogP contribution in [-0.4, -0.2) is 42.3 Å². The van der Waals surface area contributed by atoms with Crippen LogP contribution >= 0.6 is 15.9 Å². The Kier molecular flexibility index (Phi) is 7.06. The van der Waals surface area contributed by atoms with E-state index in [0.29, 0.717) is 5.75 Å². The number of aromatic hydroxyl groups is 1. The maximum absolute atomic E-state index is 12.4. The van der Waals surface area contributed by atoms with E-state index in [2.05, 4.69) is 55.6 Å². The summed E-state index contributed by atoms with van der Waals surface area (Å²) >= 11 is 3.45. The van der Waals surface area contributed by atoms with Crippen molar-refractivity contribution < 1.29 is 14.6 Å². The van der Waals surface area contributed by atoms with Gasteiger partial charge in [0.15, 0.2) is 11.5 Å². The second kappa shape index (κ2) is 9.71. The Morgan fingerprint density at radius 1 is 1.29 bits per heavy atom. The van der Waals surface area contributed by atoms with Crippen molar-refractivity contribution in [3.05, 3.63) is 58.1 Å². The number of carbonyl (C=O) groups excluding carboxylic acids is 1. The minimum Gasteiger partial charge on any atom is -0.504 e. The van der Waals surface area contributed by atoms with E-state index in [-0.39, 0.29) is 17.6 Å². The molecule has 7 heteroatoms. The summed E-state index contributed by atoms with van der Waals surface area (Å²) in [5.74, 6) is 0.366. The highest BCUT2D eigenvalue weighted by molar-refractivity contribution is 9.10. The molecule has 148 valence electrons. The van der Waals surface area contributed by atoms with Gasteiger partial charge in [0, 0.05) is 16.9 Å². The number of amides is 1. The van der Waals surface area contributed by atoms with Crippen molar-refractivity contribution in [3.8, 4) is 11.5 Å². The number of methoxy groups -OCH3 is 1. The molecule has 0 bridgehead atoms. The lowest BCUT2D eigenvalue weighted by molar-refractivity contribution is -0.126. The SMILES string of the molecule is COc1cc(/C=N\NC(=O)C2CCN(Cc3ccc(Br)cc3)CC2)ccc1O. The number of halogens is 1. The van der Waals surface area contributed by atoms with Gasteiger partial charge < -0.3 is 9.84 Å². The fourth-order valence-electron chi connectivity index (χ4n) is 3.24. The molecule has 0 atom stereocenters. The van der Waals surface area contributed by atoms with Gasteiger partial charge in [0.25, 0.3) is 0 Å². The van der Waals surface area contributed by atoms with Crippen molar-refractivity contribution in [1.82, 2.24) is 10.3 Å². The smallest absolute Gasteiger partial charge is 0.243 e. The number of hydrogen-bond acceptors (Lipinski definition) is 5. The van der Waals surface area contributed by atoms with E-state index < -0.39 is 0 Å². The second-order valence-electron chi connectivity index (χ2n) is 6.84. The zero-order chi connectivity index (χ0) is 19.9. The molecule has 1 heterocycles. The Balaban J connectivity index is 1.45. The summed E-state index contributed by atoms with van der Waals surface area (Å²) in [5, 5.41) is 13.6. The predicted molar refractivity (Wildman–Crippen MR) is 113 cm³/mol. The summed E-state index contributed by atoms with van der Waals surface area (Å²) in [5.41, 5.74) is 4.64. The van der Waals surface area contributed by atoms with Gasteiger partial charge in [-0.1, -0.05) is 28.1 Å². The topological polar surface area (TPSA) is 74.2 Å². The molecule has 0 saturated carbocycles. The zero-order valence-corrected chi connectivity index (χ0v) is 17.4. The Hall–Kier alpha value is -2.38. The molecule has 2 aromatic carbocycles. The first-order valence-electron chi connectivity index (χ1n) is 9.22. The summed E-state index contributed by atoms with van der Waals surface area (Å²) < 4.78 is 6.14. The van der Waals surface area contributed by atoms with E-state index in [1.807, 2.05) is 0 Å². The predicted octanol–water partition coefficient (Wildman–Crippen LogP) is 3.53. The van der Waals surface area contributed by atoms with Crippen molar-refractivity contribution >= 4 is 28.1 Å². The lowest BCUT2D eigenvalue weighted by Gasteiger charge is -2.30. The van der Waals surface area contributed by atoms with Crippen molar-refractivity contribution in [2.45, 2.75) is 19.4 Å². The first-order valence-corrected chi connectivity index (χ1v) is 10.0. The van der Waals surface area contributed by atoms with Crippen LogP contribution in [0, 0.1) is 5.92 Å². The fraction of sp³-hybridized carbons (Fsp3) is 0.333. The van der Waals surface area contributed by atoms with Crippen LogP contribution < -0.4 is 10.2 Å². The number of nitrogens with zero attached hydrogens (tertiary/aromatic N) is 2. The number of piperidine rings is 1. The number of hydrogen-bond donors (Lipinski definition) is 2. The molecule has 1 aliphatic rings. The minimum absolute atomic E-state index is 0.0207. The molecule has 0 aliphatic carbocycles. The molecule has 2 aromatic rings. The molecule has 1 amide bonds. The lowest BCUT2D eigenvalue weighted by atomic mass is 9.96. The van der Waals surface area contributed by atoms with Crippen LogP contribution in [0.1, 0.15) is 24.0 Å². The molecule has 1 aliphatic heterocycles. The highest BCUT2D eigenvalue weighted by atomic mass is 79.9. The van der Waals surface area contributed by atoms with Gasteiger partial charge in [-0.15, -0.1) is 0 Å². The number of ether oxygens (including phenoxy) is 1. The van der Waals surface area contributed by atoms with Crippen LogP contribution in [-0.2, 0) is 11.3 Å². The Labute approximate surface area is 173 Å². The number of likely N-dealkylation sites (tertiary alicyclic amines) is 1. The molecule has 1 fully saturated rings. The van der Waals surface area contributed by atoms with E-state index in [4.69, 9.17) is 4.74 Å². The quantitative estimate of drug-likeness (QED) is 0.526. The van der Waals surface area contributed by atoms with Crippen LogP contribution in [0.2, 0.25) is 0 Å². The number of phenols is 1. The van der Waals surface area contributed by atoms with Gasteiger partial charge >= 0.3 is 0 Å². The van der Waals surface area contributed by atoms with Crippen molar-refractivity contribution in [1.29, 1.82) is 0 Å². The summed E-state index contributed by atoms with van der Waals surface area (Å²) in [6.07, 6.45) is 3.19. The van der Waals surface area contributed by atoms with E-state index in [1.165, 1.54) is 18.7 Å². The average Bonchev–Trinajstić information content (AvgIpc) is 2.71. The Morgan fingerprint density at radius 3 is 2.68 bits per heavy atom. The van der Waals surface area contributed by atoms with Crippen LogP contribution in [0.25, 0.3) is 0 Å². The van der Waals surface area contributed by atoms with Crippen LogP contribution in [0.4, 0.5) is 0 Å². The number of nitrogens with one attached hydrogen (secondary N) is 1. The number of rotatable bonds is 6. The molecule has 0 aromatic heterocycles. The minimum atomic E-state index is -0.0507. The van der Waals surface area contributed by atoms with Crippen LogP contribution in [0.3, 0.4) is 0 Å². The van der Waals surface area contributed by atoms with Crippen LogP contribution in [0.15, 0.2) is 52.0 Å². The highest BCUT2D eigenvalue weighted by Crippen LogP contribution is 2.25. The number of carbonyl (C=O) groups is 1. The molecule has 28 heavy (non-hydrogen) atoms. The van der Waals surface area contributed by atoms with Crippen molar-refractivity contribution in [2.24, 2.45) is 11.0 Å². The molecule has 3 rings (SSSR count). The van der Waals surface area contributed by atoms with E-state index in [9.17, 15) is 9.90 Å². The molecule has 0 radical (unpaired) electrons. The van der Waals surface area contributed by atoms with Gasteiger partial charge in [0.05, 0.1) is 13.3 Å². The largest absolute Gasteiger partial charge is 0.504 e. The third-order valence-corrected chi connectivity index (χ3v) is 5.40. The fourth-order valence-corrected chi connectivity index (χ4v) is 3.50. The van der Waals surface area contributed by atoms with Crippen molar-refractivity contribution in [2.75, 3.05) is 20.2 Å². The first kappa shape index (κ1) is 20.4. The maximum atomic E-state index is 12.4. The average molecular weight is 446 g/mol. The molecular weight excluding hydrogens is 422 g/mol. The molecule has 2 N–H and O–H groups in total. The van der Waals surface area contributed by atoms with E-state index in [1.54, 1.807) is 18.3 Å². The lowest BCUT2D eigenvalue weighted by Crippen LogP contribution is -2.39. The molecule has 1 saturated heterocycles. The molecule has 0 spiro atoms. The first-order chi connectivity index (χ1) is 13.5. The number of hydrazone groups is 1. The van der Waals surface area contributed by atoms with E-state index in [0.717, 1.165) is 42.5 Å². The third kappa shape index (κ3) is 5.56. The molecule has 0 unspecified atom stereocenters. The normalized spacial score (nSPS) is 15.6. The maximum Gasteiger partial charge on any atom is 0.243 e. The standard InChI is InChI=1S/C21H24BrN3O3/c1-28-20-12-16(4-7-19(20)26)13-23-24-21(27)17-8-10-25(11-9-17)14-15-2-5-18(22)6-3-15/h2-7,12-13,17,26H,8-11,14H2,1H3,(H,24,27)/b23-13-. The van der Waals surface area contributed by atoms with Crippen molar-refractivity contribution in [3.63, 3.8) is 0 Å². The third-order valence-electron chi connectivity index (χ3n) is 4.87. The zero-order valence-electron chi connectivity index (χ0n) is 15.8. The van der Waals surface area contributed by atoms with Gasteiger partial charge in [-0.2, -0.15) is 5.10 Å². The highest BCUT2D eigenvalue weighted by Gasteiger charge is 2.24. The Morgan fingerprint density at radius 2 is 2.00 bits per heavy atom. The number of benzene rings is 2. The monoisotopic (exact) mass is 445 g/mol. The summed E-state index contributed by atoms with van der Waals surface area (Å²) in [6, 6.07) is 13.2. The molecule has 6 nitrogen and oxygen atoms in total. The van der Waals surface area contributed by atoms with Gasteiger partial charge in [-0.05, 0) is 67.4 Å². The van der Waals surface area contributed by atoms with Gasteiger partial charge in [-0.25, -0.2) is 5.43 Å². The Bertz CT molecular complexity index is 831. The van der Waals surface area contributed by atoms with Gasteiger partial charge in [0.2, 0.25) is 5.91 Å². The van der Waals surface area contributed by atoms with E-state index >= 15 is 0 Å².